The topological polar surface area (TPSA) is 71.5 Å². The zero-order chi connectivity index (χ0) is 11.9. The van der Waals surface area contributed by atoms with Crippen LogP contribution in [0.5, 0.6) is 0 Å². The summed E-state index contributed by atoms with van der Waals surface area (Å²) in [6, 6.07) is 0. The van der Waals surface area contributed by atoms with E-state index in [-0.39, 0.29) is 24.0 Å². The number of carbonyl (C=O) groups is 2. The minimum Gasteiger partial charge on any atom is -0.323 e. The Balaban J connectivity index is 2.12. The van der Waals surface area contributed by atoms with Crippen molar-refractivity contribution in [2.24, 2.45) is 5.92 Å². The third kappa shape index (κ3) is 1.55. The quantitative estimate of drug-likeness (QED) is 0.514. The second kappa shape index (κ2) is 3.84. The molecule has 6 heteroatoms. The molecule has 2 saturated heterocycles. The number of carbonyl (C=O) groups excluding carboxylic acids is 2. The van der Waals surface area contributed by atoms with Crippen LogP contribution in [0.1, 0.15) is 26.2 Å². The summed E-state index contributed by atoms with van der Waals surface area (Å²) in [7, 11) is -3.26. The SMILES string of the molecule is CCCCC(=O)C1C(=O)N2CCS(=O)(=O)[C@@H]12. The van der Waals surface area contributed by atoms with Gasteiger partial charge < -0.3 is 4.90 Å². The first-order valence-corrected chi connectivity index (χ1v) is 7.25. The molecule has 2 rings (SSSR count). The van der Waals surface area contributed by atoms with Gasteiger partial charge in [0.15, 0.2) is 15.2 Å². The number of ketones is 1. The monoisotopic (exact) mass is 245 g/mol. The van der Waals surface area contributed by atoms with E-state index < -0.39 is 21.1 Å². The van der Waals surface area contributed by atoms with E-state index in [0.717, 1.165) is 12.8 Å². The van der Waals surface area contributed by atoms with Gasteiger partial charge >= 0.3 is 0 Å². The molecule has 0 bridgehead atoms. The number of Topliss-reactive ketones (excluding diaryl/α,β-unsaturated/α-hetero) is 1. The van der Waals surface area contributed by atoms with Crippen molar-refractivity contribution >= 4 is 21.5 Å². The fourth-order valence-electron chi connectivity index (χ4n) is 2.31. The first-order valence-electron chi connectivity index (χ1n) is 5.54. The van der Waals surface area contributed by atoms with Gasteiger partial charge in [0, 0.05) is 13.0 Å². The second-order valence-electron chi connectivity index (χ2n) is 4.34. The van der Waals surface area contributed by atoms with Gasteiger partial charge in [-0.1, -0.05) is 13.3 Å². The van der Waals surface area contributed by atoms with Crippen LogP contribution < -0.4 is 0 Å². The predicted octanol–water partition coefficient (Wildman–Crippen LogP) is -0.0414. The third-order valence-electron chi connectivity index (χ3n) is 3.25. The molecule has 0 aromatic rings. The molecule has 1 amide bonds. The van der Waals surface area contributed by atoms with Crippen LogP contribution in [-0.4, -0.2) is 42.7 Å². The molecule has 2 aliphatic heterocycles. The van der Waals surface area contributed by atoms with Gasteiger partial charge in [0.2, 0.25) is 5.91 Å². The fraction of sp³-hybridized carbons (Fsp3) is 0.800. The lowest BCUT2D eigenvalue weighted by molar-refractivity contribution is -0.154. The summed E-state index contributed by atoms with van der Waals surface area (Å²) in [5, 5.41) is -0.843. The van der Waals surface area contributed by atoms with E-state index >= 15 is 0 Å². The summed E-state index contributed by atoms with van der Waals surface area (Å²) in [5.74, 6) is -1.41. The highest BCUT2D eigenvalue weighted by Crippen LogP contribution is 2.37. The molecule has 0 aromatic carbocycles. The highest BCUT2D eigenvalue weighted by molar-refractivity contribution is 7.92. The number of amides is 1. The summed E-state index contributed by atoms with van der Waals surface area (Å²) in [5.41, 5.74) is 0. The molecule has 0 aromatic heterocycles. The van der Waals surface area contributed by atoms with E-state index in [9.17, 15) is 18.0 Å². The van der Waals surface area contributed by atoms with Crippen molar-refractivity contribution in [3.8, 4) is 0 Å². The molecule has 0 spiro atoms. The Bertz CT molecular complexity index is 428. The van der Waals surface area contributed by atoms with Crippen molar-refractivity contribution in [3.05, 3.63) is 0 Å². The number of hydrogen-bond acceptors (Lipinski definition) is 4. The van der Waals surface area contributed by atoms with Crippen LogP contribution in [0.4, 0.5) is 0 Å². The molecular formula is C10H15NO4S. The van der Waals surface area contributed by atoms with Gasteiger partial charge in [-0.3, -0.25) is 9.59 Å². The van der Waals surface area contributed by atoms with E-state index in [0.29, 0.717) is 6.42 Å². The molecule has 2 fully saturated rings. The van der Waals surface area contributed by atoms with Gasteiger partial charge in [-0.25, -0.2) is 8.42 Å². The van der Waals surface area contributed by atoms with E-state index in [1.165, 1.54) is 4.90 Å². The number of β-lactam (4-membered cyclic amide) rings is 1. The molecule has 90 valence electrons. The lowest BCUT2D eigenvalue weighted by Crippen LogP contribution is -2.62. The highest BCUT2D eigenvalue weighted by Gasteiger charge is 2.60. The largest absolute Gasteiger partial charge is 0.323 e. The summed E-state index contributed by atoms with van der Waals surface area (Å²) < 4.78 is 23.2. The molecular weight excluding hydrogens is 230 g/mol. The zero-order valence-corrected chi connectivity index (χ0v) is 10.00. The van der Waals surface area contributed by atoms with E-state index in [4.69, 9.17) is 0 Å². The molecule has 2 heterocycles. The zero-order valence-electron chi connectivity index (χ0n) is 9.18. The van der Waals surface area contributed by atoms with Gasteiger partial charge in [-0.2, -0.15) is 0 Å². The summed E-state index contributed by atoms with van der Waals surface area (Å²) in [6.07, 6.45) is 1.90. The molecule has 0 saturated carbocycles. The molecule has 1 unspecified atom stereocenters. The van der Waals surface area contributed by atoms with Crippen molar-refractivity contribution in [2.75, 3.05) is 12.3 Å². The second-order valence-corrected chi connectivity index (χ2v) is 6.55. The Morgan fingerprint density at radius 1 is 1.50 bits per heavy atom. The van der Waals surface area contributed by atoms with E-state index in [2.05, 4.69) is 0 Å². The minimum atomic E-state index is -3.26. The Hall–Kier alpha value is -0.910. The average molecular weight is 245 g/mol. The number of unbranched alkanes of at least 4 members (excludes halogenated alkanes) is 1. The normalized spacial score (nSPS) is 31.1. The molecule has 2 aliphatic rings. The van der Waals surface area contributed by atoms with Gasteiger partial charge in [0.1, 0.15) is 11.7 Å². The molecule has 0 N–H and O–H groups in total. The van der Waals surface area contributed by atoms with Crippen molar-refractivity contribution in [1.82, 2.24) is 4.90 Å². The summed E-state index contributed by atoms with van der Waals surface area (Å²) in [4.78, 5) is 24.6. The number of rotatable bonds is 4. The number of nitrogens with zero attached hydrogens (tertiary/aromatic N) is 1. The Labute approximate surface area is 94.7 Å². The lowest BCUT2D eigenvalue weighted by atomic mass is 9.91. The Kier molecular flexibility index (Phi) is 2.77. The smallest absolute Gasteiger partial charge is 0.237 e. The maximum Gasteiger partial charge on any atom is 0.237 e. The first kappa shape index (κ1) is 11.6. The summed E-state index contributed by atoms with van der Waals surface area (Å²) >= 11 is 0. The lowest BCUT2D eigenvalue weighted by Gasteiger charge is -2.39. The Morgan fingerprint density at radius 3 is 2.81 bits per heavy atom. The van der Waals surface area contributed by atoms with Crippen molar-refractivity contribution in [3.63, 3.8) is 0 Å². The third-order valence-corrected chi connectivity index (χ3v) is 5.26. The van der Waals surface area contributed by atoms with E-state index in [1.54, 1.807) is 0 Å². The number of hydrogen-bond donors (Lipinski definition) is 0. The van der Waals surface area contributed by atoms with Crippen molar-refractivity contribution in [1.29, 1.82) is 0 Å². The van der Waals surface area contributed by atoms with Crippen LogP contribution in [0.25, 0.3) is 0 Å². The van der Waals surface area contributed by atoms with Crippen molar-refractivity contribution in [2.45, 2.75) is 31.6 Å². The van der Waals surface area contributed by atoms with Crippen LogP contribution in [0.3, 0.4) is 0 Å². The minimum absolute atomic E-state index is 0.000957. The van der Waals surface area contributed by atoms with Crippen LogP contribution >= 0.6 is 0 Å². The van der Waals surface area contributed by atoms with Crippen LogP contribution in [0, 0.1) is 5.92 Å². The van der Waals surface area contributed by atoms with Crippen LogP contribution in [-0.2, 0) is 19.4 Å². The standard InChI is InChI=1S/C10H15NO4S/c1-2-3-4-7(12)8-9(13)11-5-6-16(14,15)10(8)11/h8,10H,2-6H2,1H3/t8?,10-/m0/s1. The van der Waals surface area contributed by atoms with E-state index in [1.807, 2.05) is 6.92 Å². The predicted molar refractivity (Wildman–Crippen MR) is 57.3 cm³/mol. The molecule has 2 atom stereocenters. The molecule has 16 heavy (non-hydrogen) atoms. The fourth-order valence-corrected chi connectivity index (χ4v) is 4.28. The maximum absolute atomic E-state index is 11.7. The van der Waals surface area contributed by atoms with Gasteiger partial charge in [-0.15, -0.1) is 0 Å². The molecule has 0 radical (unpaired) electrons. The molecule has 5 nitrogen and oxygen atoms in total. The molecule has 0 aliphatic carbocycles. The van der Waals surface area contributed by atoms with Gasteiger partial charge in [0.05, 0.1) is 5.75 Å². The highest BCUT2D eigenvalue weighted by atomic mass is 32.2. The van der Waals surface area contributed by atoms with Crippen LogP contribution in [0.2, 0.25) is 0 Å². The summed E-state index contributed by atoms with van der Waals surface area (Å²) in [6.45, 7) is 2.21. The van der Waals surface area contributed by atoms with Gasteiger partial charge in [0.25, 0.3) is 0 Å². The van der Waals surface area contributed by atoms with Crippen molar-refractivity contribution < 1.29 is 18.0 Å². The number of sulfone groups is 1. The average Bonchev–Trinajstić information content (AvgIpc) is 2.47. The number of fused-ring (bicyclic) bond motifs is 1. The van der Waals surface area contributed by atoms with Gasteiger partial charge in [-0.05, 0) is 6.42 Å². The Morgan fingerprint density at radius 2 is 2.19 bits per heavy atom. The maximum atomic E-state index is 11.7. The first-order chi connectivity index (χ1) is 7.49. The van der Waals surface area contributed by atoms with Crippen LogP contribution in [0.15, 0.2) is 0 Å².